The van der Waals surface area contributed by atoms with Gasteiger partial charge in [-0.2, -0.15) is 5.10 Å². The summed E-state index contributed by atoms with van der Waals surface area (Å²) in [5.74, 6) is 1.31. The number of benzene rings is 2. The molecular weight excluding hydrogens is 316 g/mol. The maximum absolute atomic E-state index is 12.1. The van der Waals surface area contributed by atoms with Crippen molar-refractivity contribution >= 4 is 11.6 Å². The van der Waals surface area contributed by atoms with E-state index in [9.17, 15) is 4.79 Å². The summed E-state index contributed by atoms with van der Waals surface area (Å²) in [6, 6.07) is 13.7. The first kappa shape index (κ1) is 17.0. The van der Waals surface area contributed by atoms with Crippen molar-refractivity contribution in [2.45, 2.75) is 26.7 Å². The molecule has 2 aromatic carbocycles. The third kappa shape index (κ3) is 4.38. The summed E-state index contributed by atoms with van der Waals surface area (Å²) in [7, 11) is 0. The molecule has 0 radical (unpaired) electrons. The molecule has 1 N–H and O–H groups in total. The molecule has 1 aliphatic rings. The van der Waals surface area contributed by atoms with Crippen molar-refractivity contribution in [1.82, 2.24) is 5.43 Å². The van der Waals surface area contributed by atoms with E-state index in [1.54, 1.807) is 0 Å². The number of hydrogen-bond acceptors (Lipinski definition) is 4. The highest BCUT2D eigenvalue weighted by molar-refractivity contribution is 5.99. The normalized spacial score (nSPS) is 13.4. The molecule has 0 atom stereocenters. The van der Waals surface area contributed by atoms with Crippen LogP contribution in [0.3, 0.4) is 0 Å². The number of carbonyl (C=O) groups is 1. The van der Waals surface area contributed by atoms with Crippen LogP contribution in [0.4, 0.5) is 0 Å². The molecule has 0 aliphatic carbocycles. The molecule has 130 valence electrons. The smallest absolute Gasteiger partial charge is 0.244 e. The van der Waals surface area contributed by atoms with Crippen LogP contribution in [0.5, 0.6) is 11.5 Å². The molecule has 0 saturated carbocycles. The van der Waals surface area contributed by atoms with Crippen LogP contribution in [0.1, 0.15) is 30.5 Å². The lowest BCUT2D eigenvalue weighted by atomic mass is 10.1. The van der Waals surface area contributed by atoms with Crippen molar-refractivity contribution in [3.8, 4) is 11.5 Å². The summed E-state index contributed by atoms with van der Waals surface area (Å²) in [5, 5.41) is 4.19. The van der Waals surface area contributed by atoms with Crippen molar-refractivity contribution < 1.29 is 14.3 Å². The van der Waals surface area contributed by atoms with Gasteiger partial charge in [0.05, 0.1) is 12.1 Å². The van der Waals surface area contributed by atoms with Crippen molar-refractivity contribution in [2.75, 3.05) is 13.2 Å². The number of rotatable bonds is 5. The van der Waals surface area contributed by atoms with Gasteiger partial charge < -0.3 is 9.47 Å². The maximum Gasteiger partial charge on any atom is 0.244 e. The van der Waals surface area contributed by atoms with E-state index in [1.165, 1.54) is 5.56 Å². The van der Waals surface area contributed by atoms with Gasteiger partial charge in [-0.1, -0.05) is 31.2 Å². The van der Waals surface area contributed by atoms with Crippen molar-refractivity contribution in [3.63, 3.8) is 0 Å². The minimum absolute atomic E-state index is 0.138. The molecule has 1 amide bonds. The van der Waals surface area contributed by atoms with Crippen LogP contribution < -0.4 is 14.9 Å². The monoisotopic (exact) mass is 338 g/mol. The van der Waals surface area contributed by atoms with Crippen LogP contribution in [0, 0.1) is 0 Å². The summed E-state index contributed by atoms with van der Waals surface area (Å²) in [5.41, 5.74) is 6.45. The van der Waals surface area contributed by atoms with Gasteiger partial charge in [0.1, 0.15) is 13.2 Å². The molecule has 0 aromatic heterocycles. The van der Waals surface area contributed by atoms with Crippen LogP contribution in [0.2, 0.25) is 0 Å². The topological polar surface area (TPSA) is 59.9 Å². The maximum atomic E-state index is 12.1. The first-order valence-electron chi connectivity index (χ1n) is 8.46. The number of aryl methyl sites for hydroxylation is 1. The largest absolute Gasteiger partial charge is 0.486 e. The Morgan fingerprint density at radius 3 is 2.44 bits per heavy atom. The molecule has 0 fully saturated rings. The second-order valence-corrected chi connectivity index (χ2v) is 5.94. The minimum atomic E-state index is -0.138. The average molecular weight is 338 g/mol. The molecular formula is C20H22N2O3. The third-order valence-corrected chi connectivity index (χ3v) is 4.10. The zero-order valence-electron chi connectivity index (χ0n) is 14.5. The Kier molecular flexibility index (Phi) is 5.33. The average Bonchev–Trinajstić information content (AvgIpc) is 2.66. The number of fused-ring (bicyclic) bond motifs is 1. The van der Waals surface area contributed by atoms with E-state index in [-0.39, 0.29) is 5.91 Å². The summed E-state index contributed by atoms with van der Waals surface area (Å²) in [6.07, 6.45) is 1.30. The van der Waals surface area contributed by atoms with E-state index in [0.29, 0.717) is 31.1 Å². The molecule has 0 saturated heterocycles. The van der Waals surface area contributed by atoms with E-state index in [1.807, 2.05) is 49.4 Å². The van der Waals surface area contributed by atoms with Gasteiger partial charge in [-0.25, -0.2) is 5.43 Å². The van der Waals surface area contributed by atoms with Gasteiger partial charge in [0, 0.05) is 5.56 Å². The molecule has 5 nitrogen and oxygen atoms in total. The Balaban J connectivity index is 1.61. The number of nitrogens with one attached hydrogen (secondary N) is 1. The molecule has 2 aromatic rings. The summed E-state index contributed by atoms with van der Waals surface area (Å²) < 4.78 is 11.1. The Morgan fingerprint density at radius 1 is 1.04 bits per heavy atom. The number of hydrazone groups is 1. The second-order valence-electron chi connectivity index (χ2n) is 5.94. The van der Waals surface area contributed by atoms with Crippen LogP contribution >= 0.6 is 0 Å². The van der Waals surface area contributed by atoms with Crippen LogP contribution in [0.25, 0.3) is 0 Å². The van der Waals surface area contributed by atoms with E-state index in [4.69, 9.17) is 9.47 Å². The summed E-state index contributed by atoms with van der Waals surface area (Å²) >= 11 is 0. The van der Waals surface area contributed by atoms with E-state index in [0.717, 1.165) is 23.3 Å². The first-order chi connectivity index (χ1) is 12.2. The summed E-state index contributed by atoms with van der Waals surface area (Å²) in [6.45, 7) is 5.06. The lowest BCUT2D eigenvalue weighted by Gasteiger charge is -2.18. The highest BCUT2D eigenvalue weighted by Gasteiger charge is 2.12. The SMILES string of the molecule is CCc1ccc(CC(=O)N/N=C(/C)c2ccc3c(c2)OCCO3)cc1. The van der Waals surface area contributed by atoms with Gasteiger partial charge in [-0.05, 0) is 42.7 Å². The standard InChI is InChI=1S/C20H22N2O3/c1-3-15-4-6-16(7-5-15)12-20(23)22-21-14(2)17-8-9-18-19(13-17)25-11-10-24-18/h4-9,13H,3,10-12H2,1-2H3,(H,22,23)/b21-14-. The Bertz CT molecular complexity index is 782. The van der Waals surface area contributed by atoms with Crippen LogP contribution in [0.15, 0.2) is 47.6 Å². The second kappa shape index (κ2) is 7.83. The third-order valence-electron chi connectivity index (χ3n) is 4.10. The first-order valence-corrected chi connectivity index (χ1v) is 8.46. The lowest BCUT2D eigenvalue weighted by molar-refractivity contribution is -0.120. The number of ether oxygens (including phenoxy) is 2. The fourth-order valence-electron chi connectivity index (χ4n) is 2.60. The molecule has 25 heavy (non-hydrogen) atoms. The number of amides is 1. The van der Waals surface area contributed by atoms with Gasteiger partial charge in [-0.3, -0.25) is 4.79 Å². The molecule has 0 unspecified atom stereocenters. The Labute approximate surface area is 147 Å². The zero-order chi connectivity index (χ0) is 17.6. The highest BCUT2D eigenvalue weighted by Crippen LogP contribution is 2.30. The molecule has 3 rings (SSSR count). The Hall–Kier alpha value is -2.82. The molecule has 1 heterocycles. The van der Waals surface area contributed by atoms with Gasteiger partial charge >= 0.3 is 0 Å². The van der Waals surface area contributed by atoms with Gasteiger partial charge in [0.15, 0.2) is 11.5 Å². The van der Waals surface area contributed by atoms with E-state index in [2.05, 4.69) is 17.5 Å². The van der Waals surface area contributed by atoms with Crippen molar-refractivity contribution in [1.29, 1.82) is 0 Å². The Morgan fingerprint density at radius 2 is 1.72 bits per heavy atom. The van der Waals surface area contributed by atoms with Crippen LogP contribution in [-0.2, 0) is 17.6 Å². The van der Waals surface area contributed by atoms with Gasteiger partial charge in [0.2, 0.25) is 5.91 Å². The van der Waals surface area contributed by atoms with Crippen LogP contribution in [-0.4, -0.2) is 24.8 Å². The number of nitrogens with zero attached hydrogens (tertiary/aromatic N) is 1. The highest BCUT2D eigenvalue weighted by atomic mass is 16.6. The number of carbonyl (C=O) groups excluding carboxylic acids is 1. The fourth-order valence-corrected chi connectivity index (χ4v) is 2.60. The molecule has 1 aliphatic heterocycles. The predicted molar refractivity (Wildman–Crippen MR) is 97.3 cm³/mol. The zero-order valence-corrected chi connectivity index (χ0v) is 14.5. The molecule has 0 bridgehead atoms. The van der Waals surface area contributed by atoms with Gasteiger partial charge in [-0.15, -0.1) is 0 Å². The van der Waals surface area contributed by atoms with Crippen molar-refractivity contribution in [3.05, 3.63) is 59.2 Å². The fraction of sp³-hybridized carbons (Fsp3) is 0.300. The number of hydrogen-bond donors (Lipinski definition) is 1. The van der Waals surface area contributed by atoms with Crippen molar-refractivity contribution in [2.24, 2.45) is 5.10 Å². The molecule has 5 heteroatoms. The van der Waals surface area contributed by atoms with E-state index < -0.39 is 0 Å². The molecule has 0 spiro atoms. The van der Waals surface area contributed by atoms with Gasteiger partial charge in [0.25, 0.3) is 0 Å². The lowest BCUT2D eigenvalue weighted by Crippen LogP contribution is -2.21. The predicted octanol–water partition coefficient (Wildman–Crippen LogP) is 3.10. The van der Waals surface area contributed by atoms with E-state index >= 15 is 0 Å². The minimum Gasteiger partial charge on any atom is -0.486 e. The summed E-state index contributed by atoms with van der Waals surface area (Å²) in [4.78, 5) is 12.1. The quantitative estimate of drug-likeness (QED) is 0.673.